The van der Waals surface area contributed by atoms with Gasteiger partial charge in [-0.2, -0.15) is 0 Å². The van der Waals surface area contributed by atoms with Gasteiger partial charge in [-0.1, -0.05) is 23.2 Å². The van der Waals surface area contributed by atoms with Crippen molar-refractivity contribution in [2.75, 3.05) is 23.3 Å². The number of halogens is 2. The van der Waals surface area contributed by atoms with Crippen molar-refractivity contribution in [2.45, 2.75) is 13.8 Å². The molecule has 0 fully saturated rings. The molecular formula is C15H18Cl2N4O. The fourth-order valence-electron chi connectivity index (χ4n) is 2.15. The van der Waals surface area contributed by atoms with Gasteiger partial charge in [0.1, 0.15) is 16.7 Å². The van der Waals surface area contributed by atoms with E-state index in [0.717, 1.165) is 18.9 Å². The third kappa shape index (κ3) is 3.36. The van der Waals surface area contributed by atoms with Crippen LogP contribution >= 0.6 is 23.2 Å². The Kier molecular flexibility index (Phi) is 5.32. The van der Waals surface area contributed by atoms with Crippen LogP contribution in [0.4, 0.5) is 11.5 Å². The third-order valence-corrected chi connectivity index (χ3v) is 4.28. The molecule has 1 amide bonds. The van der Waals surface area contributed by atoms with Gasteiger partial charge in [-0.25, -0.2) is 4.98 Å². The standard InChI is InChI=1S/C15H18Cl2N4O/c1-4-21(5-2)13-7-6-10(9-18-13)19-15(22)12-8-11(16)14(17)20(12)3/h6-9H,4-5H2,1-3H3,(H,19,22). The summed E-state index contributed by atoms with van der Waals surface area (Å²) in [5, 5.41) is 3.47. The Hall–Kier alpha value is -1.72. The van der Waals surface area contributed by atoms with E-state index in [0.29, 0.717) is 21.6 Å². The Bertz CT molecular complexity index is 663. The lowest BCUT2D eigenvalue weighted by Crippen LogP contribution is -2.23. The van der Waals surface area contributed by atoms with Crippen molar-refractivity contribution in [1.29, 1.82) is 0 Å². The van der Waals surface area contributed by atoms with Gasteiger partial charge in [0, 0.05) is 20.1 Å². The Morgan fingerprint density at radius 2 is 2.00 bits per heavy atom. The molecule has 1 N–H and O–H groups in total. The number of carbonyl (C=O) groups excluding carboxylic acids is 1. The summed E-state index contributed by atoms with van der Waals surface area (Å²) in [6.45, 7) is 5.92. The zero-order chi connectivity index (χ0) is 16.3. The van der Waals surface area contributed by atoms with Crippen molar-refractivity contribution in [3.63, 3.8) is 0 Å². The van der Waals surface area contributed by atoms with Crippen molar-refractivity contribution < 1.29 is 4.79 Å². The lowest BCUT2D eigenvalue weighted by atomic mass is 10.3. The molecule has 0 bridgehead atoms. The van der Waals surface area contributed by atoms with Gasteiger partial charge in [-0.15, -0.1) is 0 Å². The summed E-state index contributed by atoms with van der Waals surface area (Å²) < 4.78 is 1.54. The third-order valence-electron chi connectivity index (χ3n) is 3.44. The normalized spacial score (nSPS) is 10.6. The fraction of sp³-hybridized carbons (Fsp3) is 0.333. The maximum Gasteiger partial charge on any atom is 0.272 e. The highest BCUT2D eigenvalue weighted by atomic mass is 35.5. The van der Waals surface area contributed by atoms with Crippen LogP contribution in [0.15, 0.2) is 24.4 Å². The maximum atomic E-state index is 12.2. The second kappa shape index (κ2) is 7.03. The topological polar surface area (TPSA) is 50.2 Å². The highest BCUT2D eigenvalue weighted by Crippen LogP contribution is 2.25. The van der Waals surface area contributed by atoms with E-state index < -0.39 is 0 Å². The van der Waals surface area contributed by atoms with E-state index in [1.54, 1.807) is 13.2 Å². The molecule has 0 aromatic carbocycles. The first-order chi connectivity index (χ1) is 10.5. The van der Waals surface area contributed by atoms with Crippen LogP contribution in [0.2, 0.25) is 10.2 Å². The van der Waals surface area contributed by atoms with Crippen LogP contribution in [-0.2, 0) is 7.05 Å². The largest absolute Gasteiger partial charge is 0.357 e. The van der Waals surface area contributed by atoms with E-state index in [-0.39, 0.29) is 5.91 Å². The number of hydrogen-bond acceptors (Lipinski definition) is 3. The van der Waals surface area contributed by atoms with Gasteiger partial charge in [-0.3, -0.25) is 4.79 Å². The summed E-state index contributed by atoms with van der Waals surface area (Å²) in [6, 6.07) is 5.25. The average molecular weight is 341 g/mol. The molecule has 7 heteroatoms. The van der Waals surface area contributed by atoms with Gasteiger partial charge < -0.3 is 14.8 Å². The fourth-order valence-corrected chi connectivity index (χ4v) is 2.53. The smallest absolute Gasteiger partial charge is 0.272 e. The minimum absolute atomic E-state index is 0.284. The number of rotatable bonds is 5. The monoisotopic (exact) mass is 340 g/mol. The molecule has 0 unspecified atom stereocenters. The second-order valence-electron chi connectivity index (χ2n) is 4.76. The number of aromatic nitrogens is 2. The number of anilines is 2. The summed E-state index contributed by atoms with van der Waals surface area (Å²) in [5.74, 6) is 0.599. The molecule has 0 spiro atoms. The molecular weight excluding hydrogens is 323 g/mol. The molecule has 2 heterocycles. The van der Waals surface area contributed by atoms with Crippen LogP contribution in [0.5, 0.6) is 0 Å². The number of carbonyl (C=O) groups is 1. The van der Waals surface area contributed by atoms with Gasteiger partial charge in [0.05, 0.1) is 16.9 Å². The first kappa shape index (κ1) is 16.6. The molecule has 0 radical (unpaired) electrons. The quantitative estimate of drug-likeness (QED) is 0.899. The van der Waals surface area contributed by atoms with Crippen molar-refractivity contribution in [2.24, 2.45) is 7.05 Å². The van der Waals surface area contributed by atoms with Crippen molar-refractivity contribution in [3.05, 3.63) is 40.3 Å². The predicted octanol–water partition coefficient (Wildman–Crippen LogP) is 3.83. The molecule has 0 aliphatic rings. The zero-order valence-corrected chi connectivity index (χ0v) is 14.2. The molecule has 0 saturated carbocycles. The number of pyridine rings is 1. The summed E-state index contributed by atoms with van der Waals surface area (Å²) in [5.41, 5.74) is 1.01. The number of amides is 1. The summed E-state index contributed by atoms with van der Waals surface area (Å²) in [6.07, 6.45) is 1.64. The zero-order valence-electron chi connectivity index (χ0n) is 12.7. The van der Waals surface area contributed by atoms with Gasteiger partial charge >= 0.3 is 0 Å². The number of nitrogens with one attached hydrogen (secondary N) is 1. The number of nitrogens with zero attached hydrogens (tertiary/aromatic N) is 3. The molecule has 5 nitrogen and oxygen atoms in total. The lowest BCUT2D eigenvalue weighted by molar-refractivity contribution is 0.101. The highest BCUT2D eigenvalue weighted by molar-refractivity contribution is 6.42. The minimum atomic E-state index is -0.284. The van der Waals surface area contributed by atoms with E-state index in [4.69, 9.17) is 23.2 Å². The first-order valence-corrected chi connectivity index (χ1v) is 7.76. The van der Waals surface area contributed by atoms with Crippen LogP contribution in [0, 0.1) is 0 Å². The minimum Gasteiger partial charge on any atom is -0.357 e. The van der Waals surface area contributed by atoms with Crippen LogP contribution in [0.3, 0.4) is 0 Å². The molecule has 118 valence electrons. The van der Waals surface area contributed by atoms with Gasteiger partial charge in [0.15, 0.2) is 0 Å². The highest BCUT2D eigenvalue weighted by Gasteiger charge is 2.16. The van der Waals surface area contributed by atoms with Gasteiger partial charge in [0.25, 0.3) is 5.91 Å². The maximum absolute atomic E-state index is 12.2. The molecule has 22 heavy (non-hydrogen) atoms. The van der Waals surface area contributed by atoms with Crippen LogP contribution in [0.1, 0.15) is 24.3 Å². The average Bonchev–Trinajstić information content (AvgIpc) is 2.78. The molecule has 0 aliphatic heterocycles. The SMILES string of the molecule is CCN(CC)c1ccc(NC(=O)c2cc(Cl)c(Cl)n2C)cn1. The summed E-state index contributed by atoms with van der Waals surface area (Å²) >= 11 is 11.9. The summed E-state index contributed by atoms with van der Waals surface area (Å²) in [7, 11) is 1.69. The molecule has 0 saturated heterocycles. The first-order valence-electron chi connectivity index (χ1n) is 7.01. The molecule has 2 rings (SSSR count). The van der Waals surface area contributed by atoms with Gasteiger partial charge in [0.2, 0.25) is 0 Å². The van der Waals surface area contributed by atoms with Crippen molar-refractivity contribution in [3.8, 4) is 0 Å². The Balaban J connectivity index is 2.13. The van der Waals surface area contributed by atoms with E-state index in [1.807, 2.05) is 12.1 Å². The van der Waals surface area contributed by atoms with E-state index in [9.17, 15) is 4.79 Å². The Labute approximate surface area is 139 Å². The van der Waals surface area contributed by atoms with Crippen molar-refractivity contribution in [1.82, 2.24) is 9.55 Å². The van der Waals surface area contributed by atoms with E-state index in [1.165, 1.54) is 10.6 Å². The van der Waals surface area contributed by atoms with E-state index >= 15 is 0 Å². The second-order valence-corrected chi connectivity index (χ2v) is 5.52. The Morgan fingerprint density at radius 1 is 1.32 bits per heavy atom. The van der Waals surface area contributed by atoms with E-state index in [2.05, 4.69) is 29.0 Å². The molecule has 2 aromatic heterocycles. The molecule has 2 aromatic rings. The predicted molar refractivity (Wildman–Crippen MR) is 91.2 cm³/mol. The lowest BCUT2D eigenvalue weighted by Gasteiger charge is -2.19. The van der Waals surface area contributed by atoms with Crippen LogP contribution in [0.25, 0.3) is 0 Å². The summed E-state index contributed by atoms with van der Waals surface area (Å²) in [4.78, 5) is 18.7. The van der Waals surface area contributed by atoms with Gasteiger partial charge in [-0.05, 0) is 32.0 Å². The van der Waals surface area contributed by atoms with Crippen molar-refractivity contribution >= 4 is 40.6 Å². The van der Waals surface area contributed by atoms with Crippen LogP contribution < -0.4 is 10.2 Å². The van der Waals surface area contributed by atoms with Crippen LogP contribution in [-0.4, -0.2) is 28.5 Å². The number of hydrogen-bond donors (Lipinski definition) is 1. The molecule has 0 atom stereocenters. The molecule has 0 aliphatic carbocycles. The Morgan fingerprint density at radius 3 is 2.45 bits per heavy atom.